The number of benzene rings is 2. The zero-order chi connectivity index (χ0) is 22.0. The molecule has 0 amide bonds. The Morgan fingerprint density at radius 1 is 1.23 bits per heavy atom. The standard InChI is InChI=1S/C24H24ClN3O3/c1-2-31-19-11-9-15(14-7-5-13-27-22(14)19)21-16(6-3-4-12-26)20-17(24(29)30)8-10-18(25)23(20)28-21/h5,7-11,13,28H,2-4,6,12,26H2,1H3,(H,29,30). The first-order valence-electron chi connectivity index (χ1n) is 10.3. The fraction of sp³-hybridized carbons (Fsp3) is 0.250. The molecule has 0 saturated carbocycles. The minimum absolute atomic E-state index is 0.234. The molecule has 0 atom stereocenters. The molecule has 0 unspecified atom stereocenters. The Bertz CT molecular complexity index is 1270. The predicted octanol–water partition coefficient (Wildman–Crippen LogP) is 5.41. The third kappa shape index (κ3) is 3.84. The molecule has 0 aliphatic carbocycles. The summed E-state index contributed by atoms with van der Waals surface area (Å²) < 4.78 is 5.76. The number of nitrogens with two attached hydrogens (primary N) is 1. The van der Waals surface area contributed by atoms with Crippen LogP contribution in [0.1, 0.15) is 35.7 Å². The molecule has 2 aromatic heterocycles. The maximum Gasteiger partial charge on any atom is 0.336 e. The molecule has 6 nitrogen and oxygen atoms in total. The van der Waals surface area contributed by atoms with E-state index in [2.05, 4.69) is 9.97 Å². The van der Waals surface area contributed by atoms with Crippen molar-refractivity contribution in [3.63, 3.8) is 0 Å². The first-order valence-corrected chi connectivity index (χ1v) is 10.7. The molecule has 0 spiro atoms. The van der Waals surface area contributed by atoms with Crippen LogP contribution in [0, 0.1) is 0 Å². The molecule has 4 aromatic rings. The molecular weight excluding hydrogens is 414 g/mol. The van der Waals surface area contributed by atoms with E-state index in [4.69, 9.17) is 22.1 Å². The van der Waals surface area contributed by atoms with Gasteiger partial charge in [-0.15, -0.1) is 0 Å². The van der Waals surface area contributed by atoms with Gasteiger partial charge in [-0.1, -0.05) is 17.7 Å². The minimum Gasteiger partial charge on any atom is -0.492 e. The lowest BCUT2D eigenvalue weighted by Gasteiger charge is -2.12. The monoisotopic (exact) mass is 437 g/mol. The number of ether oxygens (including phenoxy) is 1. The zero-order valence-corrected chi connectivity index (χ0v) is 18.0. The van der Waals surface area contributed by atoms with Crippen LogP contribution < -0.4 is 10.5 Å². The first kappa shape index (κ1) is 21.2. The molecule has 0 bridgehead atoms. The van der Waals surface area contributed by atoms with Gasteiger partial charge in [0.15, 0.2) is 0 Å². The largest absolute Gasteiger partial charge is 0.492 e. The van der Waals surface area contributed by atoms with E-state index in [9.17, 15) is 9.90 Å². The molecule has 4 rings (SSSR count). The van der Waals surface area contributed by atoms with Gasteiger partial charge in [-0.2, -0.15) is 0 Å². The van der Waals surface area contributed by atoms with Gasteiger partial charge in [0.1, 0.15) is 11.3 Å². The number of rotatable bonds is 8. The van der Waals surface area contributed by atoms with Crippen LogP contribution in [0.5, 0.6) is 5.75 Å². The Hall–Kier alpha value is -3.09. The highest BCUT2D eigenvalue weighted by Gasteiger charge is 2.22. The third-order valence-electron chi connectivity index (χ3n) is 5.42. The van der Waals surface area contributed by atoms with Gasteiger partial charge in [-0.05, 0) is 68.6 Å². The van der Waals surface area contributed by atoms with Crippen molar-refractivity contribution in [3.8, 4) is 17.0 Å². The summed E-state index contributed by atoms with van der Waals surface area (Å²) >= 11 is 6.48. The van der Waals surface area contributed by atoms with Gasteiger partial charge in [-0.3, -0.25) is 4.98 Å². The number of aromatic amines is 1. The molecule has 0 fully saturated rings. The summed E-state index contributed by atoms with van der Waals surface area (Å²) in [6.07, 6.45) is 4.11. The van der Waals surface area contributed by atoms with Crippen LogP contribution in [0.25, 0.3) is 33.1 Å². The van der Waals surface area contributed by atoms with Gasteiger partial charge in [0.25, 0.3) is 0 Å². The Kier molecular flexibility index (Phi) is 6.11. The van der Waals surface area contributed by atoms with Gasteiger partial charge in [0, 0.05) is 22.5 Å². The zero-order valence-electron chi connectivity index (χ0n) is 17.2. The number of hydrogen-bond donors (Lipinski definition) is 3. The quantitative estimate of drug-likeness (QED) is 0.320. The Morgan fingerprint density at radius 3 is 2.81 bits per heavy atom. The fourth-order valence-corrected chi connectivity index (χ4v) is 4.28. The lowest BCUT2D eigenvalue weighted by Crippen LogP contribution is -2.01. The number of pyridine rings is 1. The summed E-state index contributed by atoms with van der Waals surface area (Å²) in [6, 6.07) is 11.0. The molecule has 31 heavy (non-hydrogen) atoms. The highest BCUT2D eigenvalue weighted by atomic mass is 35.5. The number of fused-ring (bicyclic) bond motifs is 2. The molecule has 4 N–H and O–H groups in total. The number of carbonyl (C=O) groups is 1. The number of H-pyrrole nitrogens is 1. The lowest BCUT2D eigenvalue weighted by atomic mass is 9.95. The maximum absolute atomic E-state index is 12.0. The van der Waals surface area contributed by atoms with Crippen molar-refractivity contribution < 1.29 is 14.6 Å². The van der Waals surface area contributed by atoms with Crippen molar-refractivity contribution >= 4 is 39.4 Å². The molecule has 0 aliphatic rings. The highest BCUT2D eigenvalue weighted by molar-refractivity contribution is 6.36. The van der Waals surface area contributed by atoms with Crippen molar-refractivity contribution in [1.29, 1.82) is 0 Å². The van der Waals surface area contributed by atoms with Crippen LogP contribution in [0.15, 0.2) is 42.6 Å². The van der Waals surface area contributed by atoms with E-state index >= 15 is 0 Å². The number of unbranched alkanes of at least 4 members (excludes halogenated alkanes) is 1. The molecule has 7 heteroatoms. The number of halogens is 1. The molecule has 0 radical (unpaired) electrons. The number of carboxylic acid groups (broad SMARTS) is 1. The Labute approximate surface area is 185 Å². The predicted molar refractivity (Wildman–Crippen MR) is 124 cm³/mol. The van der Waals surface area contributed by atoms with E-state index < -0.39 is 5.97 Å². The summed E-state index contributed by atoms with van der Waals surface area (Å²) in [7, 11) is 0. The Morgan fingerprint density at radius 2 is 2.06 bits per heavy atom. The van der Waals surface area contributed by atoms with E-state index in [1.807, 2.05) is 31.2 Å². The number of nitrogens with zero attached hydrogens (tertiary/aromatic N) is 1. The fourth-order valence-electron chi connectivity index (χ4n) is 4.08. The summed E-state index contributed by atoms with van der Waals surface area (Å²) in [6.45, 7) is 3.06. The molecule has 0 aliphatic heterocycles. The van der Waals surface area contributed by atoms with E-state index in [0.717, 1.165) is 40.6 Å². The number of aryl methyl sites for hydroxylation is 1. The second kappa shape index (κ2) is 8.96. The van der Waals surface area contributed by atoms with Crippen LogP contribution in [0.3, 0.4) is 0 Å². The SMILES string of the molecule is CCOc1ccc(-c2[nH]c3c(Cl)ccc(C(=O)O)c3c2CCCCN)c2cccnc12. The van der Waals surface area contributed by atoms with Gasteiger partial charge in [0.2, 0.25) is 0 Å². The highest BCUT2D eigenvalue weighted by Crippen LogP contribution is 2.40. The topological polar surface area (TPSA) is 101 Å². The number of hydrogen-bond acceptors (Lipinski definition) is 4. The number of aromatic carboxylic acids is 1. The van der Waals surface area contributed by atoms with Crippen LogP contribution in [0.2, 0.25) is 5.02 Å². The molecule has 2 aromatic carbocycles. The van der Waals surface area contributed by atoms with Gasteiger partial charge >= 0.3 is 5.97 Å². The van der Waals surface area contributed by atoms with E-state index in [-0.39, 0.29) is 5.56 Å². The number of aromatic nitrogens is 2. The van der Waals surface area contributed by atoms with Crippen molar-refractivity contribution in [2.75, 3.05) is 13.2 Å². The average molecular weight is 438 g/mol. The maximum atomic E-state index is 12.0. The second-order valence-electron chi connectivity index (χ2n) is 7.32. The summed E-state index contributed by atoms with van der Waals surface area (Å²) in [4.78, 5) is 19.9. The smallest absolute Gasteiger partial charge is 0.336 e. The molecule has 2 heterocycles. The normalized spacial score (nSPS) is 11.3. The summed E-state index contributed by atoms with van der Waals surface area (Å²) in [5, 5.41) is 11.9. The van der Waals surface area contributed by atoms with Gasteiger partial charge in [0.05, 0.1) is 28.4 Å². The van der Waals surface area contributed by atoms with Crippen molar-refractivity contribution in [3.05, 3.63) is 58.7 Å². The average Bonchev–Trinajstić information content (AvgIpc) is 3.14. The number of carboxylic acids is 1. The van der Waals surface area contributed by atoms with E-state index in [1.165, 1.54) is 0 Å². The molecule has 160 valence electrons. The second-order valence-corrected chi connectivity index (χ2v) is 7.73. The van der Waals surface area contributed by atoms with Gasteiger partial charge in [-0.25, -0.2) is 4.79 Å². The van der Waals surface area contributed by atoms with Crippen molar-refractivity contribution in [2.24, 2.45) is 5.73 Å². The first-order chi connectivity index (χ1) is 15.1. The number of nitrogens with one attached hydrogen (secondary N) is 1. The van der Waals surface area contributed by atoms with Crippen molar-refractivity contribution in [2.45, 2.75) is 26.2 Å². The molecule has 0 saturated heterocycles. The van der Waals surface area contributed by atoms with Crippen LogP contribution in [-0.2, 0) is 6.42 Å². The van der Waals surface area contributed by atoms with E-state index in [0.29, 0.717) is 41.2 Å². The Balaban J connectivity index is 2.03. The van der Waals surface area contributed by atoms with Crippen LogP contribution in [0.4, 0.5) is 0 Å². The van der Waals surface area contributed by atoms with E-state index in [1.54, 1.807) is 18.3 Å². The van der Waals surface area contributed by atoms with Crippen molar-refractivity contribution in [1.82, 2.24) is 9.97 Å². The minimum atomic E-state index is -0.981. The van der Waals surface area contributed by atoms with Crippen LogP contribution >= 0.6 is 11.6 Å². The lowest BCUT2D eigenvalue weighted by molar-refractivity contribution is 0.0699. The van der Waals surface area contributed by atoms with Gasteiger partial charge < -0.3 is 20.6 Å². The van der Waals surface area contributed by atoms with Crippen LogP contribution in [-0.4, -0.2) is 34.2 Å². The summed E-state index contributed by atoms with van der Waals surface area (Å²) in [5.74, 6) is -0.266. The third-order valence-corrected chi connectivity index (χ3v) is 5.74. The molecular formula is C24H24ClN3O3. The summed E-state index contributed by atoms with van der Waals surface area (Å²) in [5.41, 5.74) is 10.0.